The highest BCUT2D eigenvalue weighted by molar-refractivity contribution is 5.80. The molecular weight excluding hydrogens is 556 g/mol. The van der Waals surface area contributed by atoms with Crippen molar-refractivity contribution in [1.82, 2.24) is 19.1 Å². The van der Waals surface area contributed by atoms with Gasteiger partial charge in [-0.1, -0.05) is 60.7 Å². The summed E-state index contributed by atoms with van der Waals surface area (Å²) in [6, 6.07) is 33.8. The van der Waals surface area contributed by atoms with Crippen molar-refractivity contribution < 1.29 is 9.47 Å². The molecule has 0 saturated carbocycles. The highest BCUT2D eigenvalue weighted by atomic mass is 16.5. The maximum Gasteiger partial charge on any atom is 0.262 e. The van der Waals surface area contributed by atoms with E-state index in [0.717, 1.165) is 11.4 Å². The number of hydrogen-bond acceptors (Lipinski definition) is 8. The fraction of sp³-hybridized carbons (Fsp3) is 0.176. The largest absolute Gasteiger partial charge is 0.377 e. The van der Waals surface area contributed by atoms with Gasteiger partial charge in [-0.25, -0.2) is 9.97 Å². The standard InChI is InChI=1S/C34H32N6O4/c41-31-27-15-7-9-17-29(27)37-33(35-25-11-3-1-4-12-25)39(31)19-21-43-23-24-44-22-20-40-32(42)28-16-8-10-18-30(28)38-34(40)36-26-13-5-2-6-14-26/h1-18H,19-24H2,(H,35,37)(H,36,38). The molecule has 2 aromatic heterocycles. The Balaban J connectivity index is 1.05. The zero-order chi connectivity index (χ0) is 30.1. The lowest BCUT2D eigenvalue weighted by atomic mass is 10.2. The van der Waals surface area contributed by atoms with Gasteiger partial charge in [0, 0.05) is 11.4 Å². The summed E-state index contributed by atoms with van der Waals surface area (Å²) in [7, 11) is 0. The van der Waals surface area contributed by atoms with E-state index >= 15 is 0 Å². The molecule has 10 heteroatoms. The number of anilines is 4. The molecule has 44 heavy (non-hydrogen) atoms. The highest BCUT2D eigenvalue weighted by Crippen LogP contribution is 2.18. The molecule has 0 spiro atoms. The molecule has 0 bridgehead atoms. The molecular formula is C34H32N6O4. The summed E-state index contributed by atoms with van der Waals surface area (Å²) in [6.45, 7) is 1.89. The van der Waals surface area contributed by atoms with E-state index in [-0.39, 0.29) is 11.1 Å². The topological polar surface area (TPSA) is 112 Å². The van der Waals surface area contributed by atoms with Gasteiger partial charge in [0.05, 0.1) is 61.3 Å². The van der Waals surface area contributed by atoms with Crippen LogP contribution in [0.3, 0.4) is 0 Å². The van der Waals surface area contributed by atoms with E-state index in [2.05, 4.69) is 10.6 Å². The van der Waals surface area contributed by atoms with Gasteiger partial charge in [-0.15, -0.1) is 0 Å². The van der Waals surface area contributed by atoms with Crippen molar-refractivity contribution >= 4 is 45.1 Å². The van der Waals surface area contributed by atoms with Gasteiger partial charge in [0.25, 0.3) is 11.1 Å². The Morgan fingerprint density at radius 1 is 0.500 bits per heavy atom. The third-order valence-corrected chi connectivity index (χ3v) is 7.07. The molecule has 222 valence electrons. The molecule has 2 heterocycles. The van der Waals surface area contributed by atoms with Crippen molar-refractivity contribution in [3.63, 3.8) is 0 Å². The number of nitrogens with zero attached hydrogens (tertiary/aromatic N) is 4. The molecule has 6 aromatic rings. The van der Waals surface area contributed by atoms with E-state index in [4.69, 9.17) is 19.4 Å². The minimum Gasteiger partial charge on any atom is -0.377 e. The molecule has 0 amide bonds. The first kappa shape index (κ1) is 28.8. The van der Waals surface area contributed by atoms with Gasteiger partial charge >= 0.3 is 0 Å². The van der Waals surface area contributed by atoms with Gasteiger partial charge in [0.1, 0.15) is 0 Å². The van der Waals surface area contributed by atoms with Crippen molar-refractivity contribution in [3.8, 4) is 0 Å². The average Bonchev–Trinajstić information content (AvgIpc) is 3.06. The minimum atomic E-state index is -0.136. The molecule has 0 fully saturated rings. The summed E-state index contributed by atoms with van der Waals surface area (Å²) in [5.74, 6) is 0.906. The summed E-state index contributed by atoms with van der Waals surface area (Å²) < 4.78 is 14.8. The summed E-state index contributed by atoms with van der Waals surface area (Å²) in [5.41, 5.74) is 2.65. The predicted octanol–water partition coefficient (Wildman–Crippen LogP) is 5.33. The van der Waals surface area contributed by atoms with Gasteiger partial charge in [0.2, 0.25) is 11.9 Å². The number of para-hydroxylation sites is 4. The second kappa shape index (κ2) is 13.8. The summed E-state index contributed by atoms with van der Waals surface area (Å²) in [5, 5.41) is 7.62. The van der Waals surface area contributed by atoms with Crippen molar-refractivity contribution in [2.45, 2.75) is 13.1 Å². The Kier molecular flexibility index (Phi) is 9.01. The maximum absolute atomic E-state index is 13.3. The zero-order valence-corrected chi connectivity index (χ0v) is 24.1. The maximum atomic E-state index is 13.3. The van der Waals surface area contributed by atoms with E-state index in [1.807, 2.05) is 97.1 Å². The molecule has 10 nitrogen and oxygen atoms in total. The first-order valence-corrected chi connectivity index (χ1v) is 14.5. The lowest BCUT2D eigenvalue weighted by Gasteiger charge is -2.16. The van der Waals surface area contributed by atoms with Crippen molar-refractivity contribution in [2.75, 3.05) is 37.1 Å². The zero-order valence-electron chi connectivity index (χ0n) is 24.1. The summed E-state index contributed by atoms with van der Waals surface area (Å²) >= 11 is 0. The molecule has 4 aromatic carbocycles. The highest BCUT2D eigenvalue weighted by Gasteiger charge is 2.13. The number of benzene rings is 4. The van der Waals surface area contributed by atoms with E-state index in [0.29, 0.717) is 73.2 Å². The molecule has 2 N–H and O–H groups in total. The minimum absolute atomic E-state index is 0.136. The molecule has 0 atom stereocenters. The van der Waals surface area contributed by atoms with Crippen LogP contribution in [0.4, 0.5) is 23.3 Å². The van der Waals surface area contributed by atoms with Crippen molar-refractivity contribution in [3.05, 3.63) is 130 Å². The van der Waals surface area contributed by atoms with Crippen LogP contribution in [0.25, 0.3) is 21.8 Å². The quantitative estimate of drug-likeness (QED) is 0.174. The van der Waals surface area contributed by atoms with E-state index in [9.17, 15) is 9.59 Å². The summed E-state index contributed by atoms with van der Waals surface area (Å²) in [6.07, 6.45) is 0. The van der Waals surface area contributed by atoms with Crippen LogP contribution in [0.2, 0.25) is 0 Å². The molecule has 0 unspecified atom stereocenters. The number of nitrogens with one attached hydrogen (secondary N) is 2. The van der Waals surface area contributed by atoms with Crippen LogP contribution >= 0.6 is 0 Å². The number of aromatic nitrogens is 4. The smallest absolute Gasteiger partial charge is 0.262 e. The Morgan fingerprint density at radius 3 is 1.32 bits per heavy atom. The van der Waals surface area contributed by atoms with Crippen LogP contribution < -0.4 is 21.8 Å². The van der Waals surface area contributed by atoms with Crippen LogP contribution in [0.15, 0.2) is 119 Å². The third-order valence-electron chi connectivity index (χ3n) is 7.07. The normalized spacial score (nSPS) is 11.2. The van der Waals surface area contributed by atoms with Gasteiger partial charge < -0.3 is 20.1 Å². The molecule has 0 saturated heterocycles. The number of hydrogen-bond donors (Lipinski definition) is 2. The van der Waals surface area contributed by atoms with E-state index < -0.39 is 0 Å². The second-order valence-electron chi connectivity index (χ2n) is 10.0. The Bertz CT molecular complexity index is 1830. The summed E-state index contributed by atoms with van der Waals surface area (Å²) in [4.78, 5) is 36.0. The Hall–Kier alpha value is -5.32. The lowest BCUT2D eigenvalue weighted by molar-refractivity contribution is 0.0418. The van der Waals surface area contributed by atoms with Crippen molar-refractivity contribution in [1.29, 1.82) is 0 Å². The Labute approximate surface area is 253 Å². The fourth-order valence-electron chi connectivity index (χ4n) is 4.88. The van der Waals surface area contributed by atoms with Gasteiger partial charge in [-0.2, -0.15) is 0 Å². The molecule has 0 aliphatic carbocycles. The monoisotopic (exact) mass is 588 g/mol. The lowest BCUT2D eigenvalue weighted by Crippen LogP contribution is -2.27. The van der Waals surface area contributed by atoms with Crippen LogP contribution in [-0.2, 0) is 22.6 Å². The SMILES string of the molecule is O=c1c2ccccc2nc(Nc2ccccc2)n1CCOCCOCCn1c(Nc2ccccc2)nc2ccccc2c1=O. The van der Waals surface area contributed by atoms with Crippen LogP contribution in [-0.4, -0.2) is 45.5 Å². The van der Waals surface area contributed by atoms with E-state index in [1.165, 1.54) is 0 Å². The number of rotatable bonds is 13. The predicted molar refractivity (Wildman–Crippen MR) is 173 cm³/mol. The second-order valence-corrected chi connectivity index (χ2v) is 10.0. The van der Waals surface area contributed by atoms with E-state index in [1.54, 1.807) is 21.3 Å². The third kappa shape index (κ3) is 6.67. The van der Waals surface area contributed by atoms with Crippen molar-refractivity contribution in [2.24, 2.45) is 0 Å². The first-order valence-electron chi connectivity index (χ1n) is 14.5. The number of fused-ring (bicyclic) bond motifs is 2. The Morgan fingerprint density at radius 2 is 0.886 bits per heavy atom. The average molecular weight is 589 g/mol. The molecule has 0 aliphatic rings. The van der Waals surface area contributed by atoms with Gasteiger partial charge in [0.15, 0.2) is 0 Å². The fourth-order valence-corrected chi connectivity index (χ4v) is 4.88. The van der Waals surface area contributed by atoms with Gasteiger partial charge in [-0.05, 0) is 48.5 Å². The van der Waals surface area contributed by atoms with Crippen LogP contribution in [0, 0.1) is 0 Å². The first-order chi connectivity index (χ1) is 21.7. The van der Waals surface area contributed by atoms with Gasteiger partial charge in [-0.3, -0.25) is 18.7 Å². The molecule has 6 rings (SSSR count). The molecule has 0 radical (unpaired) electrons. The van der Waals surface area contributed by atoms with Crippen LogP contribution in [0.1, 0.15) is 0 Å². The number of ether oxygens (including phenoxy) is 2. The molecule has 0 aliphatic heterocycles. The van der Waals surface area contributed by atoms with Crippen LogP contribution in [0.5, 0.6) is 0 Å².